The van der Waals surface area contributed by atoms with Crippen molar-refractivity contribution in [1.29, 1.82) is 0 Å². The Kier molecular flexibility index (Phi) is 4.65. The van der Waals surface area contributed by atoms with E-state index in [9.17, 15) is 4.79 Å². The molecule has 6 nitrogen and oxygen atoms in total. The largest absolute Gasteiger partial charge is 0.488 e. The second kappa shape index (κ2) is 7.09. The van der Waals surface area contributed by atoms with Crippen LogP contribution in [-0.2, 0) is 11.3 Å². The normalized spacial score (nSPS) is 16.1. The summed E-state index contributed by atoms with van der Waals surface area (Å²) in [6.07, 6.45) is 7.42. The quantitative estimate of drug-likeness (QED) is 0.606. The first-order chi connectivity index (χ1) is 12.6. The maximum Gasteiger partial charge on any atom is 0.244 e. The van der Waals surface area contributed by atoms with Crippen LogP contribution in [0.3, 0.4) is 0 Å². The number of hydrogen-bond acceptors (Lipinski definition) is 4. The number of ether oxygens (including phenoxy) is 1. The van der Waals surface area contributed by atoms with E-state index in [1.807, 2.05) is 22.8 Å². The predicted octanol–water partition coefficient (Wildman–Crippen LogP) is 3.58. The summed E-state index contributed by atoms with van der Waals surface area (Å²) in [5.41, 5.74) is 1.80. The van der Waals surface area contributed by atoms with Gasteiger partial charge in [0.05, 0.1) is 6.54 Å². The molecule has 1 aliphatic heterocycles. The van der Waals surface area contributed by atoms with Gasteiger partial charge in [0.15, 0.2) is 10.6 Å². The molecule has 26 heavy (non-hydrogen) atoms. The SMILES string of the molecule is O=C(/C=C/C1=Cc2cc(Cl)ccc2OC1)NCc1n[nH]c(=S)n1C1CC1. The van der Waals surface area contributed by atoms with Crippen LogP contribution in [0.15, 0.2) is 35.9 Å². The minimum Gasteiger partial charge on any atom is -0.488 e. The van der Waals surface area contributed by atoms with E-state index in [-0.39, 0.29) is 5.91 Å². The zero-order chi connectivity index (χ0) is 18.1. The second-order valence-corrected chi connectivity index (χ2v) is 7.11. The maximum atomic E-state index is 12.1. The number of benzene rings is 1. The molecular weight excluding hydrogens is 372 g/mol. The highest BCUT2D eigenvalue weighted by molar-refractivity contribution is 7.71. The van der Waals surface area contributed by atoms with Crippen molar-refractivity contribution in [3.63, 3.8) is 0 Å². The lowest BCUT2D eigenvalue weighted by Gasteiger charge is -2.16. The Morgan fingerprint density at radius 3 is 3.15 bits per heavy atom. The number of hydrogen-bond donors (Lipinski definition) is 2. The van der Waals surface area contributed by atoms with Crippen molar-refractivity contribution in [1.82, 2.24) is 20.1 Å². The van der Waals surface area contributed by atoms with E-state index in [0.29, 0.717) is 29.0 Å². The summed E-state index contributed by atoms with van der Waals surface area (Å²) in [5, 5.41) is 10.5. The molecule has 2 aromatic rings. The number of rotatable bonds is 5. The van der Waals surface area contributed by atoms with Gasteiger partial charge in [-0.3, -0.25) is 14.5 Å². The Balaban J connectivity index is 1.39. The Morgan fingerprint density at radius 2 is 2.35 bits per heavy atom. The highest BCUT2D eigenvalue weighted by Crippen LogP contribution is 2.35. The number of H-pyrrole nitrogens is 1. The molecule has 1 aromatic carbocycles. The fourth-order valence-electron chi connectivity index (χ4n) is 2.84. The molecule has 0 atom stereocenters. The van der Waals surface area contributed by atoms with Crippen LogP contribution in [0, 0.1) is 4.77 Å². The first-order valence-electron chi connectivity index (χ1n) is 8.35. The van der Waals surface area contributed by atoms with Gasteiger partial charge in [-0.25, -0.2) is 0 Å². The minimum atomic E-state index is -0.195. The van der Waals surface area contributed by atoms with E-state index in [1.54, 1.807) is 12.1 Å². The van der Waals surface area contributed by atoms with Gasteiger partial charge < -0.3 is 10.1 Å². The van der Waals surface area contributed by atoms with Gasteiger partial charge in [0.25, 0.3) is 0 Å². The van der Waals surface area contributed by atoms with Crippen LogP contribution in [-0.4, -0.2) is 27.3 Å². The van der Waals surface area contributed by atoms with Crippen LogP contribution in [0.25, 0.3) is 6.08 Å². The topological polar surface area (TPSA) is 71.9 Å². The van der Waals surface area contributed by atoms with Crippen molar-refractivity contribution in [2.45, 2.75) is 25.4 Å². The van der Waals surface area contributed by atoms with E-state index in [1.165, 1.54) is 6.08 Å². The van der Waals surface area contributed by atoms with E-state index in [4.69, 9.17) is 28.6 Å². The Morgan fingerprint density at radius 1 is 1.50 bits per heavy atom. The lowest BCUT2D eigenvalue weighted by atomic mass is 10.1. The fourth-order valence-corrected chi connectivity index (χ4v) is 3.32. The third-order valence-corrected chi connectivity index (χ3v) is 4.79. The van der Waals surface area contributed by atoms with Crippen molar-refractivity contribution in [2.24, 2.45) is 0 Å². The average Bonchev–Trinajstić information content (AvgIpc) is 3.40. The molecule has 0 unspecified atom stereocenters. The lowest BCUT2D eigenvalue weighted by molar-refractivity contribution is -0.116. The van der Waals surface area contributed by atoms with Gasteiger partial charge in [0, 0.05) is 22.7 Å². The molecule has 1 saturated carbocycles. The monoisotopic (exact) mass is 388 g/mol. The lowest BCUT2D eigenvalue weighted by Crippen LogP contribution is -2.22. The zero-order valence-electron chi connectivity index (χ0n) is 13.9. The molecule has 134 valence electrons. The first kappa shape index (κ1) is 17.1. The number of fused-ring (bicyclic) bond motifs is 1. The van der Waals surface area contributed by atoms with Crippen LogP contribution in [0.5, 0.6) is 5.75 Å². The van der Waals surface area contributed by atoms with E-state index in [0.717, 1.165) is 35.6 Å². The summed E-state index contributed by atoms with van der Waals surface area (Å²) in [6, 6.07) is 5.89. The van der Waals surface area contributed by atoms with E-state index in [2.05, 4.69) is 15.5 Å². The third kappa shape index (κ3) is 3.73. The van der Waals surface area contributed by atoms with E-state index >= 15 is 0 Å². The number of aromatic nitrogens is 3. The Labute approximate surface area is 160 Å². The van der Waals surface area contributed by atoms with Crippen molar-refractivity contribution < 1.29 is 9.53 Å². The number of nitrogens with zero attached hydrogens (tertiary/aromatic N) is 2. The number of carbonyl (C=O) groups is 1. The van der Waals surface area contributed by atoms with Crippen LogP contribution < -0.4 is 10.1 Å². The van der Waals surface area contributed by atoms with Crippen LogP contribution in [0.1, 0.15) is 30.3 Å². The van der Waals surface area contributed by atoms with Crippen molar-refractivity contribution in [3.8, 4) is 5.75 Å². The highest BCUT2D eigenvalue weighted by atomic mass is 35.5. The van der Waals surface area contributed by atoms with Gasteiger partial charge in [-0.15, -0.1) is 0 Å². The van der Waals surface area contributed by atoms with Crippen molar-refractivity contribution >= 4 is 35.8 Å². The summed E-state index contributed by atoms with van der Waals surface area (Å²) in [5.74, 6) is 1.35. The fraction of sp³-hybridized carbons (Fsp3) is 0.278. The number of aromatic amines is 1. The van der Waals surface area contributed by atoms with Crippen LogP contribution >= 0.6 is 23.8 Å². The summed E-state index contributed by atoms with van der Waals surface area (Å²) in [4.78, 5) is 12.1. The second-order valence-electron chi connectivity index (χ2n) is 6.29. The summed E-state index contributed by atoms with van der Waals surface area (Å²) >= 11 is 11.2. The maximum absolute atomic E-state index is 12.1. The van der Waals surface area contributed by atoms with Crippen LogP contribution in [0.4, 0.5) is 0 Å². The molecule has 1 fully saturated rings. The smallest absolute Gasteiger partial charge is 0.244 e. The third-order valence-electron chi connectivity index (χ3n) is 4.27. The molecule has 8 heteroatoms. The molecule has 2 N–H and O–H groups in total. The van der Waals surface area contributed by atoms with Crippen molar-refractivity contribution in [2.75, 3.05) is 6.61 Å². The molecule has 0 saturated heterocycles. The molecule has 2 heterocycles. The molecule has 0 radical (unpaired) electrons. The van der Waals surface area contributed by atoms with Gasteiger partial charge in [-0.2, -0.15) is 5.10 Å². The molecule has 1 aromatic heterocycles. The van der Waals surface area contributed by atoms with Gasteiger partial charge in [0.1, 0.15) is 12.4 Å². The van der Waals surface area contributed by atoms with Crippen LogP contribution in [0.2, 0.25) is 5.02 Å². The number of nitrogens with one attached hydrogen (secondary N) is 2. The number of amides is 1. The minimum absolute atomic E-state index is 0.195. The number of carbonyl (C=O) groups excluding carboxylic acids is 1. The standard InChI is InChI=1S/C18H17ClN4O2S/c19-13-2-5-15-12(8-13)7-11(10-25-15)1-6-17(24)20-9-16-21-22-18(26)23(16)14-3-4-14/h1-2,5-8,14H,3-4,9-10H2,(H,20,24)(H,22,26)/b6-1+. The van der Waals surface area contributed by atoms with Gasteiger partial charge in [0.2, 0.25) is 5.91 Å². The summed E-state index contributed by atoms with van der Waals surface area (Å²) in [6.45, 7) is 0.750. The van der Waals surface area contributed by atoms with E-state index < -0.39 is 0 Å². The molecule has 1 aliphatic carbocycles. The van der Waals surface area contributed by atoms with Gasteiger partial charge in [-0.05, 0) is 54.9 Å². The molecule has 0 bridgehead atoms. The average molecular weight is 389 g/mol. The first-order valence-corrected chi connectivity index (χ1v) is 9.13. The van der Waals surface area contributed by atoms with Gasteiger partial charge in [-0.1, -0.05) is 17.7 Å². The highest BCUT2D eigenvalue weighted by Gasteiger charge is 2.27. The Bertz CT molecular complexity index is 972. The molecule has 4 rings (SSSR count). The zero-order valence-corrected chi connectivity index (χ0v) is 15.4. The summed E-state index contributed by atoms with van der Waals surface area (Å²) in [7, 11) is 0. The predicted molar refractivity (Wildman–Crippen MR) is 102 cm³/mol. The molecule has 2 aliphatic rings. The van der Waals surface area contributed by atoms with Crippen molar-refractivity contribution in [3.05, 3.63) is 57.1 Å². The Hall–Kier alpha value is -2.38. The summed E-state index contributed by atoms with van der Waals surface area (Å²) < 4.78 is 8.25. The molecule has 1 amide bonds. The number of halogens is 1. The molecule has 0 spiro atoms. The molecular formula is C18H17ClN4O2S. The van der Waals surface area contributed by atoms with Gasteiger partial charge >= 0.3 is 0 Å².